The van der Waals surface area contributed by atoms with Gasteiger partial charge in [-0.05, 0) is 25.0 Å². The van der Waals surface area contributed by atoms with Gasteiger partial charge in [-0.25, -0.2) is 0 Å². The maximum absolute atomic E-state index is 10.7. The van der Waals surface area contributed by atoms with Gasteiger partial charge in [0, 0.05) is 6.04 Å². The Hall–Kier alpha value is -1.75. The van der Waals surface area contributed by atoms with Crippen LogP contribution in [-0.2, 0) is 11.2 Å². The van der Waals surface area contributed by atoms with E-state index in [9.17, 15) is 4.79 Å². The van der Waals surface area contributed by atoms with Crippen molar-refractivity contribution >= 4 is 5.91 Å². The number of primary amides is 1. The Morgan fingerprint density at radius 3 is 2.71 bits per heavy atom. The van der Waals surface area contributed by atoms with Crippen molar-refractivity contribution in [2.45, 2.75) is 19.4 Å². The van der Waals surface area contributed by atoms with Gasteiger partial charge < -0.3 is 20.9 Å². The fraction of sp³-hybridized carbons (Fsp3) is 0.417. The van der Waals surface area contributed by atoms with E-state index in [-0.39, 0.29) is 12.6 Å². The number of carbonyl (C=O) groups excluding carboxylic acids is 1. The molecule has 0 aromatic heterocycles. The summed E-state index contributed by atoms with van der Waals surface area (Å²) in [5.74, 6) is 0.582. The zero-order valence-corrected chi connectivity index (χ0v) is 10.1. The first-order valence-corrected chi connectivity index (χ1v) is 5.37. The molecule has 0 heterocycles. The maximum Gasteiger partial charge on any atom is 0.255 e. The summed E-state index contributed by atoms with van der Waals surface area (Å²) in [4.78, 5) is 10.7. The van der Waals surface area contributed by atoms with Gasteiger partial charge in [0.1, 0.15) is 0 Å². The van der Waals surface area contributed by atoms with E-state index in [1.54, 1.807) is 13.2 Å². The zero-order chi connectivity index (χ0) is 12.8. The van der Waals surface area contributed by atoms with Crippen LogP contribution < -0.4 is 20.9 Å². The highest BCUT2D eigenvalue weighted by Crippen LogP contribution is 2.31. The summed E-state index contributed by atoms with van der Waals surface area (Å²) in [7, 11) is 1.54. The molecule has 1 unspecified atom stereocenters. The van der Waals surface area contributed by atoms with Crippen LogP contribution in [0.25, 0.3) is 0 Å². The smallest absolute Gasteiger partial charge is 0.255 e. The largest absolute Gasteiger partial charge is 0.493 e. The molecule has 0 bridgehead atoms. The third kappa shape index (κ3) is 3.96. The van der Waals surface area contributed by atoms with Crippen molar-refractivity contribution in [2.75, 3.05) is 13.7 Å². The van der Waals surface area contributed by atoms with E-state index in [2.05, 4.69) is 0 Å². The fourth-order valence-corrected chi connectivity index (χ4v) is 1.54. The Bertz CT molecular complexity index is 391. The van der Waals surface area contributed by atoms with Gasteiger partial charge in [0.2, 0.25) is 0 Å². The topological polar surface area (TPSA) is 87.6 Å². The standard InChI is InChI=1S/C12H18N2O3/c1-8(13)6-9-4-3-5-10(16-2)12(9)17-7-11(14)15/h3-5,8H,6-7,13H2,1-2H3,(H2,14,15). The minimum absolute atomic E-state index is 0.00182. The summed E-state index contributed by atoms with van der Waals surface area (Å²) in [6.45, 7) is 1.73. The number of methoxy groups -OCH3 is 1. The molecule has 5 nitrogen and oxygen atoms in total. The van der Waals surface area contributed by atoms with Crippen LogP contribution in [0.2, 0.25) is 0 Å². The molecule has 4 N–H and O–H groups in total. The average molecular weight is 238 g/mol. The number of carbonyl (C=O) groups is 1. The van der Waals surface area contributed by atoms with Crippen LogP contribution in [0.5, 0.6) is 11.5 Å². The molecular weight excluding hydrogens is 220 g/mol. The lowest BCUT2D eigenvalue weighted by atomic mass is 10.1. The lowest BCUT2D eigenvalue weighted by Crippen LogP contribution is -2.22. The first-order chi connectivity index (χ1) is 8.04. The number of rotatable bonds is 6. The van der Waals surface area contributed by atoms with Gasteiger partial charge in [-0.15, -0.1) is 0 Å². The van der Waals surface area contributed by atoms with Gasteiger partial charge in [0.05, 0.1) is 7.11 Å². The van der Waals surface area contributed by atoms with Gasteiger partial charge in [0.15, 0.2) is 18.1 Å². The first-order valence-electron chi connectivity index (χ1n) is 5.37. The van der Waals surface area contributed by atoms with Gasteiger partial charge >= 0.3 is 0 Å². The third-order valence-corrected chi connectivity index (χ3v) is 2.18. The molecule has 0 aliphatic heterocycles. The maximum atomic E-state index is 10.7. The Labute approximate surface area is 101 Å². The zero-order valence-electron chi connectivity index (χ0n) is 10.1. The third-order valence-electron chi connectivity index (χ3n) is 2.18. The second-order valence-corrected chi connectivity index (χ2v) is 3.88. The van der Waals surface area contributed by atoms with Crippen LogP contribution in [0.15, 0.2) is 18.2 Å². The molecule has 0 saturated heterocycles. The summed E-state index contributed by atoms with van der Waals surface area (Å²) in [5, 5.41) is 0. The molecule has 94 valence electrons. The summed E-state index contributed by atoms with van der Waals surface area (Å²) < 4.78 is 10.5. The number of amides is 1. The van der Waals surface area contributed by atoms with Crippen LogP contribution in [-0.4, -0.2) is 25.7 Å². The Morgan fingerprint density at radius 1 is 1.47 bits per heavy atom. The number of benzene rings is 1. The van der Waals surface area contributed by atoms with Crippen LogP contribution >= 0.6 is 0 Å². The predicted molar refractivity (Wildman–Crippen MR) is 65.0 cm³/mol. The molecule has 1 atom stereocenters. The minimum atomic E-state index is -0.525. The molecule has 0 radical (unpaired) electrons. The number of hydrogen-bond acceptors (Lipinski definition) is 4. The van der Waals surface area contributed by atoms with E-state index < -0.39 is 5.91 Å². The SMILES string of the molecule is COc1cccc(CC(C)N)c1OCC(N)=O. The second-order valence-electron chi connectivity index (χ2n) is 3.88. The van der Waals surface area contributed by atoms with Crippen LogP contribution in [0.4, 0.5) is 0 Å². The van der Waals surface area contributed by atoms with E-state index in [1.807, 2.05) is 19.1 Å². The molecule has 17 heavy (non-hydrogen) atoms. The fourth-order valence-electron chi connectivity index (χ4n) is 1.54. The van der Waals surface area contributed by atoms with Crippen molar-refractivity contribution in [1.82, 2.24) is 0 Å². The predicted octanol–water partition coefficient (Wildman–Crippen LogP) is 0.449. The Balaban J connectivity index is 2.97. The van der Waals surface area contributed by atoms with Crippen molar-refractivity contribution in [3.63, 3.8) is 0 Å². The normalized spacial score (nSPS) is 11.9. The quantitative estimate of drug-likeness (QED) is 0.753. The van der Waals surface area contributed by atoms with E-state index >= 15 is 0 Å². The highest BCUT2D eigenvalue weighted by atomic mass is 16.5. The van der Waals surface area contributed by atoms with Crippen molar-refractivity contribution < 1.29 is 14.3 Å². The lowest BCUT2D eigenvalue weighted by Gasteiger charge is -2.15. The van der Waals surface area contributed by atoms with E-state index in [1.165, 1.54) is 0 Å². The highest BCUT2D eigenvalue weighted by Gasteiger charge is 2.12. The molecule has 0 fully saturated rings. The number of hydrogen-bond donors (Lipinski definition) is 2. The van der Waals surface area contributed by atoms with E-state index in [0.717, 1.165) is 5.56 Å². The molecule has 1 aromatic carbocycles. The number of nitrogens with two attached hydrogens (primary N) is 2. The molecule has 0 aliphatic carbocycles. The summed E-state index contributed by atoms with van der Waals surface area (Å²) in [6.07, 6.45) is 0.644. The molecule has 1 rings (SSSR count). The van der Waals surface area contributed by atoms with Crippen molar-refractivity contribution in [3.05, 3.63) is 23.8 Å². The van der Waals surface area contributed by atoms with Gasteiger partial charge in [-0.3, -0.25) is 4.79 Å². The molecule has 5 heteroatoms. The van der Waals surface area contributed by atoms with Gasteiger partial charge in [0.25, 0.3) is 5.91 Å². The van der Waals surface area contributed by atoms with Crippen molar-refractivity contribution in [2.24, 2.45) is 11.5 Å². The Kier molecular flexibility index (Phi) is 4.78. The molecule has 0 saturated carbocycles. The van der Waals surface area contributed by atoms with Crippen LogP contribution in [0.3, 0.4) is 0 Å². The average Bonchev–Trinajstić information content (AvgIpc) is 2.26. The van der Waals surface area contributed by atoms with Crippen molar-refractivity contribution in [1.29, 1.82) is 0 Å². The molecule has 1 amide bonds. The van der Waals surface area contributed by atoms with Gasteiger partial charge in [-0.1, -0.05) is 12.1 Å². The molecular formula is C12H18N2O3. The van der Waals surface area contributed by atoms with E-state index in [0.29, 0.717) is 17.9 Å². The highest BCUT2D eigenvalue weighted by molar-refractivity contribution is 5.75. The Morgan fingerprint density at radius 2 is 2.18 bits per heavy atom. The first kappa shape index (κ1) is 13.3. The van der Waals surface area contributed by atoms with Gasteiger partial charge in [-0.2, -0.15) is 0 Å². The lowest BCUT2D eigenvalue weighted by molar-refractivity contribution is -0.119. The summed E-state index contributed by atoms with van der Waals surface area (Å²) in [6, 6.07) is 5.51. The number of para-hydroxylation sites is 1. The second kappa shape index (κ2) is 6.10. The van der Waals surface area contributed by atoms with Crippen LogP contribution in [0, 0.1) is 0 Å². The monoisotopic (exact) mass is 238 g/mol. The number of ether oxygens (including phenoxy) is 2. The van der Waals surface area contributed by atoms with Crippen LogP contribution in [0.1, 0.15) is 12.5 Å². The van der Waals surface area contributed by atoms with E-state index in [4.69, 9.17) is 20.9 Å². The summed E-state index contributed by atoms with van der Waals surface area (Å²) in [5.41, 5.74) is 11.7. The molecule has 0 spiro atoms. The summed E-state index contributed by atoms with van der Waals surface area (Å²) >= 11 is 0. The minimum Gasteiger partial charge on any atom is -0.493 e. The molecule has 1 aromatic rings. The van der Waals surface area contributed by atoms with Crippen molar-refractivity contribution in [3.8, 4) is 11.5 Å². The molecule has 0 aliphatic rings.